The van der Waals surface area contributed by atoms with E-state index in [0.717, 1.165) is 4.88 Å². The Morgan fingerprint density at radius 2 is 2.09 bits per heavy atom. The van der Waals surface area contributed by atoms with Gasteiger partial charge in [-0.3, -0.25) is 0 Å². The number of hydrogen-bond acceptors (Lipinski definition) is 5. The zero-order chi connectivity index (χ0) is 16.3. The van der Waals surface area contributed by atoms with Gasteiger partial charge in [-0.2, -0.15) is 5.26 Å². The lowest BCUT2D eigenvalue weighted by molar-refractivity contribution is -0.132. The summed E-state index contributed by atoms with van der Waals surface area (Å²) in [5.41, 5.74) is 0.330. The van der Waals surface area contributed by atoms with Gasteiger partial charge < -0.3 is 15.3 Å². The fourth-order valence-electron chi connectivity index (χ4n) is 2.17. The third kappa shape index (κ3) is 2.95. The molecule has 1 unspecified atom stereocenters. The predicted octanol–water partition coefficient (Wildman–Crippen LogP) is 3.30. The van der Waals surface area contributed by atoms with Crippen LogP contribution in [-0.4, -0.2) is 21.3 Å². The number of benzene rings is 1. The molecule has 22 heavy (non-hydrogen) atoms. The molecule has 1 aromatic heterocycles. The molecule has 0 saturated carbocycles. The maximum Gasteiger partial charge on any atom is 0.346 e. The van der Waals surface area contributed by atoms with Crippen LogP contribution in [0.4, 0.5) is 0 Å². The van der Waals surface area contributed by atoms with Crippen molar-refractivity contribution in [2.24, 2.45) is 0 Å². The average molecular weight is 315 g/mol. The first kappa shape index (κ1) is 15.6. The van der Waals surface area contributed by atoms with Gasteiger partial charge in [-0.05, 0) is 29.2 Å². The van der Waals surface area contributed by atoms with Crippen LogP contribution in [0.1, 0.15) is 28.8 Å². The molecule has 6 heteroatoms. The number of aromatic hydroxyl groups is 2. The second kappa shape index (κ2) is 6.33. The number of carboxylic acid groups (broad SMARTS) is 1. The molecule has 0 aliphatic carbocycles. The summed E-state index contributed by atoms with van der Waals surface area (Å²) >= 11 is 1.49. The highest BCUT2D eigenvalue weighted by molar-refractivity contribution is 7.10. The van der Waals surface area contributed by atoms with Crippen LogP contribution in [0.5, 0.6) is 11.5 Å². The molecule has 0 spiro atoms. The number of phenols is 2. The number of nitriles is 1. The molecule has 1 heterocycles. The number of rotatable bonds is 4. The van der Waals surface area contributed by atoms with Crippen LogP contribution in [0.15, 0.2) is 35.2 Å². The molecule has 0 amide bonds. The van der Waals surface area contributed by atoms with Gasteiger partial charge >= 0.3 is 5.97 Å². The summed E-state index contributed by atoms with van der Waals surface area (Å²) in [7, 11) is 0. The van der Waals surface area contributed by atoms with Crippen LogP contribution >= 0.6 is 11.3 Å². The van der Waals surface area contributed by atoms with Gasteiger partial charge in [0.15, 0.2) is 11.5 Å². The molecular formula is C16H13NO4S. The number of carboxylic acids is 1. The Bertz CT molecular complexity index is 772. The van der Waals surface area contributed by atoms with Crippen molar-refractivity contribution < 1.29 is 20.1 Å². The van der Waals surface area contributed by atoms with Gasteiger partial charge in [-0.15, -0.1) is 11.3 Å². The fourth-order valence-corrected chi connectivity index (χ4v) is 2.96. The lowest BCUT2D eigenvalue weighted by atomic mass is 9.92. The number of carbonyl (C=O) groups is 1. The van der Waals surface area contributed by atoms with Crippen LogP contribution < -0.4 is 0 Å². The highest BCUT2D eigenvalue weighted by Crippen LogP contribution is 2.41. The third-order valence-corrected chi connectivity index (χ3v) is 4.34. The van der Waals surface area contributed by atoms with E-state index in [-0.39, 0.29) is 17.4 Å². The molecular weight excluding hydrogens is 302 g/mol. The van der Waals surface area contributed by atoms with Crippen molar-refractivity contribution in [3.05, 3.63) is 51.2 Å². The van der Waals surface area contributed by atoms with Gasteiger partial charge in [0, 0.05) is 16.4 Å². The maximum atomic E-state index is 11.0. The summed E-state index contributed by atoms with van der Waals surface area (Å²) in [5, 5.41) is 39.6. The Balaban J connectivity index is 2.64. The molecule has 112 valence electrons. The summed E-state index contributed by atoms with van der Waals surface area (Å²) in [6.07, 6.45) is 1.20. The zero-order valence-electron chi connectivity index (χ0n) is 11.6. The maximum absolute atomic E-state index is 11.0. The Labute approximate surface area is 131 Å². The topological polar surface area (TPSA) is 102 Å². The average Bonchev–Trinajstić information content (AvgIpc) is 3.01. The highest BCUT2D eigenvalue weighted by Gasteiger charge is 2.20. The number of nitrogens with zero attached hydrogens (tertiary/aromatic N) is 1. The van der Waals surface area contributed by atoms with E-state index in [1.54, 1.807) is 6.07 Å². The SMILES string of the molecule is CC(c1cccs1)c1c(/C=C(/C#N)C(=O)O)ccc(O)c1O. The Hall–Kier alpha value is -2.78. The van der Waals surface area contributed by atoms with Crippen LogP contribution in [0.3, 0.4) is 0 Å². The second-order valence-corrected chi connectivity index (χ2v) is 5.63. The van der Waals surface area contributed by atoms with E-state index < -0.39 is 11.5 Å². The van der Waals surface area contributed by atoms with Gasteiger partial charge in [0.25, 0.3) is 0 Å². The summed E-state index contributed by atoms with van der Waals surface area (Å²) in [5.74, 6) is -2.20. The number of phenolic OH excluding ortho intramolecular Hbond substituents is 2. The monoisotopic (exact) mass is 315 g/mol. The number of aliphatic carboxylic acids is 1. The summed E-state index contributed by atoms with van der Waals surface area (Å²) in [4.78, 5) is 11.9. The Morgan fingerprint density at radius 3 is 2.64 bits per heavy atom. The van der Waals surface area contributed by atoms with E-state index in [1.807, 2.05) is 24.4 Å². The van der Waals surface area contributed by atoms with Gasteiger partial charge in [-0.1, -0.05) is 19.1 Å². The van der Waals surface area contributed by atoms with Crippen molar-refractivity contribution in [2.75, 3.05) is 0 Å². The zero-order valence-corrected chi connectivity index (χ0v) is 12.5. The van der Waals surface area contributed by atoms with Crippen molar-refractivity contribution in [3.63, 3.8) is 0 Å². The molecule has 1 atom stereocenters. The third-order valence-electron chi connectivity index (χ3n) is 3.28. The smallest absolute Gasteiger partial charge is 0.346 e. The Kier molecular flexibility index (Phi) is 4.49. The van der Waals surface area contributed by atoms with Crippen molar-refractivity contribution >= 4 is 23.4 Å². The first-order valence-electron chi connectivity index (χ1n) is 6.39. The normalized spacial score (nSPS) is 12.6. The molecule has 0 bridgehead atoms. The van der Waals surface area contributed by atoms with Gasteiger partial charge in [0.2, 0.25) is 0 Å². The highest BCUT2D eigenvalue weighted by atomic mass is 32.1. The molecule has 0 aliphatic heterocycles. The minimum absolute atomic E-state index is 0.257. The van der Waals surface area contributed by atoms with Crippen molar-refractivity contribution in [1.29, 1.82) is 5.26 Å². The fraction of sp³-hybridized carbons (Fsp3) is 0.125. The van der Waals surface area contributed by atoms with Crippen molar-refractivity contribution in [3.8, 4) is 17.6 Å². The molecule has 0 radical (unpaired) electrons. The first-order valence-corrected chi connectivity index (χ1v) is 7.27. The summed E-state index contributed by atoms with van der Waals surface area (Å²) in [6.45, 7) is 1.84. The second-order valence-electron chi connectivity index (χ2n) is 4.65. The van der Waals surface area contributed by atoms with Gasteiger partial charge in [-0.25, -0.2) is 4.79 Å². The van der Waals surface area contributed by atoms with E-state index in [9.17, 15) is 15.0 Å². The number of hydrogen-bond donors (Lipinski definition) is 3. The van der Waals surface area contributed by atoms with Crippen LogP contribution in [-0.2, 0) is 4.79 Å². The molecule has 3 N–H and O–H groups in total. The van der Waals surface area contributed by atoms with E-state index in [4.69, 9.17) is 10.4 Å². The van der Waals surface area contributed by atoms with Crippen molar-refractivity contribution in [2.45, 2.75) is 12.8 Å². The van der Waals surface area contributed by atoms with E-state index in [0.29, 0.717) is 11.1 Å². The van der Waals surface area contributed by atoms with Crippen LogP contribution in [0.25, 0.3) is 6.08 Å². The minimum Gasteiger partial charge on any atom is -0.504 e. The molecule has 1 aromatic carbocycles. The molecule has 2 aromatic rings. The molecule has 0 saturated heterocycles. The first-order chi connectivity index (χ1) is 10.5. The predicted molar refractivity (Wildman–Crippen MR) is 82.8 cm³/mol. The largest absolute Gasteiger partial charge is 0.504 e. The van der Waals surface area contributed by atoms with Crippen LogP contribution in [0, 0.1) is 11.3 Å². The van der Waals surface area contributed by atoms with E-state index in [1.165, 1.54) is 29.5 Å². The molecule has 2 rings (SSSR count). The van der Waals surface area contributed by atoms with Gasteiger partial charge in [0.1, 0.15) is 11.6 Å². The van der Waals surface area contributed by atoms with Crippen LogP contribution in [0.2, 0.25) is 0 Å². The van der Waals surface area contributed by atoms with E-state index >= 15 is 0 Å². The van der Waals surface area contributed by atoms with Gasteiger partial charge in [0.05, 0.1) is 0 Å². The summed E-state index contributed by atoms with van der Waals surface area (Å²) < 4.78 is 0. The lowest BCUT2D eigenvalue weighted by Gasteiger charge is -2.16. The molecule has 0 fully saturated rings. The van der Waals surface area contributed by atoms with Crippen molar-refractivity contribution in [1.82, 2.24) is 0 Å². The minimum atomic E-state index is -1.34. The standard InChI is InChI=1S/C16H13NO4S/c1-9(13-3-2-6-22-13)14-10(4-5-12(18)15(14)19)7-11(8-17)16(20)21/h2-7,9,18-19H,1H3,(H,20,21)/b11-7-. The summed E-state index contributed by atoms with van der Waals surface area (Å²) in [6, 6.07) is 8.10. The molecule has 0 aliphatic rings. The quantitative estimate of drug-likeness (QED) is 0.456. The lowest BCUT2D eigenvalue weighted by Crippen LogP contribution is -2.01. The van der Waals surface area contributed by atoms with E-state index in [2.05, 4.69) is 0 Å². The molecule has 5 nitrogen and oxygen atoms in total. The Morgan fingerprint density at radius 1 is 1.36 bits per heavy atom. The number of thiophene rings is 1.